The fraction of sp³-hybridized carbons (Fsp3) is 0.190. The van der Waals surface area contributed by atoms with E-state index in [0.717, 1.165) is 6.07 Å². The number of nitrogens with one attached hydrogen (secondary N) is 1. The molecule has 0 unspecified atom stereocenters. The molecule has 0 fully saturated rings. The lowest BCUT2D eigenvalue weighted by atomic mass is 10.1. The lowest BCUT2D eigenvalue weighted by Crippen LogP contribution is -2.15. The van der Waals surface area contributed by atoms with Gasteiger partial charge in [-0.15, -0.1) is 0 Å². The van der Waals surface area contributed by atoms with Crippen LogP contribution in [0.4, 0.5) is 29.7 Å². The van der Waals surface area contributed by atoms with Crippen LogP contribution in [-0.4, -0.2) is 27.2 Å². The van der Waals surface area contributed by atoms with Gasteiger partial charge in [-0.1, -0.05) is 18.2 Å². The quantitative estimate of drug-likeness (QED) is 0.486. The number of amides is 1. The van der Waals surface area contributed by atoms with Crippen LogP contribution in [0.5, 0.6) is 0 Å². The van der Waals surface area contributed by atoms with Crippen LogP contribution in [0.1, 0.15) is 18.1 Å². The maximum absolute atomic E-state index is 13.4. The number of nitrogens with two attached hydrogens (primary N) is 1. The number of hydrogen-bond donors (Lipinski definition) is 2. The number of aromatic nitrogens is 3. The average molecular weight is 429 g/mol. The minimum absolute atomic E-state index is 0.0150. The normalized spacial score (nSPS) is 11.7. The van der Waals surface area contributed by atoms with E-state index in [1.807, 2.05) is 0 Å². The Kier molecular flexibility index (Phi) is 5.14. The molecule has 3 N–H and O–H groups in total. The van der Waals surface area contributed by atoms with Crippen LogP contribution in [0, 0.1) is 0 Å². The largest absolute Gasteiger partial charge is 0.450 e. The van der Waals surface area contributed by atoms with Crippen molar-refractivity contribution in [1.29, 1.82) is 0 Å². The van der Waals surface area contributed by atoms with Crippen LogP contribution in [0.2, 0.25) is 0 Å². The molecule has 0 saturated carbocycles. The summed E-state index contributed by atoms with van der Waals surface area (Å²) in [6, 6.07) is 10.6. The Morgan fingerprint density at radius 1 is 1.16 bits per heavy atom. The van der Waals surface area contributed by atoms with E-state index >= 15 is 0 Å². The van der Waals surface area contributed by atoms with Crippen molar-refractivity contribution in [3.63, 3.8) is 0 Å². The van der Waals surface area contributed by atoms with E-state index in [4.69, 9.17) is 10.5 Å². The highest BCUT2D eigenvalue weighted by Gasteiger charge is 2.33. The van der Waals surface area contributed by atoms with E-state index in [1.165, 1.54) is 12.1 Å². The molecule has 160 valence electrons. The molecule has 4 rings (SSSR count). The molecule has 0 bridgehead atoms. The number of anilines is 2. The Balaban J connectivity index is 1.83. The molecule has 0 aliphatic heterocycles. The molecule has 0 atom stereocenters. The first-order valence-corrected chi connectivity index (χ1v) is 9.42. The zero-order chi connectivity index (χ0) is 22.2. The summed E-state index contributed by atoms with van der Waals surface area (Å²) in [4.78, 5) is 20.2. The SMILES string of the molecule is CCOC(=O)Nc1nc(N)nc2ccc3c(ccn3Cc3ccccc3C(F)(F)F)c12. The molecular formula is C21H18F3N5O2. The third-order valence-electron chi connectivity index (χ3n) is 4.79. The maximum Gasteiger partial charge on any atom is 0.416 e. The summed E-state index contributed by atoms with van der Waals surface area (Å²) in [5, 5.41) is 3.73. The highest BCUT2D eigenvalue weighted by Crippen LogP contribution is 2.34. The summed E-state index contributed by atoms with van der Waals surface area (Å²) in [6.45, 7) is 1.86. The van der Waals surface area contributed by atoms with Crippen molar-refractivity contribution < 1.29 is 22.7 Å². The van der Waals surface area contributed by atoms with E-state index in [2.05, 4.69) is 15.3 Å². The number of halogens is 3. The van der Waals surface area contributed by atoms with Crippen molar-refractivity contribution >= 4 is 39.7 Å². The molecule has 7 nitrogen and oxygen atoms in total. The second-order valence-electron chi connectivity index (χ2n) is 6.77. The smallest absolute Gasteiger partial charge is 0.416 e. The second kappa shape index (κ2) is 7.78. The second-order valence-corrected chi connectivity index (χ2v) is 6.77. The van der Waals surface area contributed by atoms with Crippen molar-refractivity contribution in [3.05, 3.63) is 59.8 Å². The van der Waals surface area contributed by atoms with Gasteiger partial charge in [-0.3, -0.25) is 5.32 Å². The van der Waals surface area contributed by atoms with E-state index in [-0.39, 0.29) is 30.5 Å². The zero-order valence-electron chi connectivity index (χ0n) is 16.4. The number of benzene rings is 2. The maximum atomic E-state index is 13.4. The molecule has 0 radical (unpaired) electrons. The topological polar surface area (TPSA) is 95.1 Å². The Morgan fingerprint density at radius 2 is 1.94 bits per heavy atom. The molecule has 0 saturated heterocycles. The van der Waals surface area contributed by atoms with E-state index in [1.54, 1.807) is 42.0 Å². The number of rotatable bonds is 4. The van der Waals surface area contributed by atoms with Gasteiger partial charge in [0.25, 0.3) is 0 Å². The predicted octanol–water partition coefficient (Wildman–Crippen LogP) is 4.80. The standard InChI is InChI=1S/C21H18F3N5O2/c1-2-31-20(30)28-18-17-13-9-10-29(16(13)8-7-15(17)26-19(25)27-18)11-12-5-3-4-6-14(12)21(22,23)24/h3-10H,2,11H2,1H3,(H3,25,26,27,28,30). The van der Waals surface area contributed by atoms with Crippen molar-refractivity contribution in [2.24, 2.45) is 0 Å². The molecule has 2 aromatic carbocycles. The van der Waals surface area contributed by atoms with Gasteiger partial charge >= 0.3 is 12.3 Å². The van der Waals surface area contributed by atoms with Crippen LogP contribution >= 0.6 is 0 Å². The number of nitrogens with zero attached hydrogens (tertiary/aromatic N) is 3. The Bertz CT molecular complexity index is 1280. The summed E-state index contributed by atoms with van der Waals surface area (Å²) < 4.78 is 46.8. The first-order chi connectivity index (χ1) is 14.8. The molecule has 0 aliphatic rings. The van der Waals surface area contributed by atoms with Crippen molar-refractivity contribution in [2.75, 3.05) is 17.7 Å². The molecular weight excluding hydrogens is 411 g/mol. The number of carbonyl (C=O) groups is 1. The molecule has 0 spiro atoms. The highest BCUT2D eigenvalue weighted by atomic mass is 19.4. The average Bonchev–Trinajstić information content (AvgIpc) is 3.10. The number of ether oxygens (including phenoxy) is 1. The van der Waals surface area contributed by atoms with Crippen LogP contribution in [0.15, 0.2) is 48.7 Å². The number of fused-ring (bicyclic) bond motifs is 3. The summed E-state index contributed by atoms with van der Waals surface area (Å²) in [5.41, 5.74) is 6.36. The van der Waals surface area contributed by atoms with Crippen molar-refractivity contribution in [2.45, 2.75) is 19.6 Å². The monoisotopic (exact) mass is 429 g/mol. The zero-order valence-corrected chi connectivity index (χ0v) is 16.4. The summed E-state index contributed by atoms with van der Waals surface area (Å²) in [7, 11) is 0. The molecule has 2 heterocycles. The highest BCUT2D eigenvalue weighted by molar-refractivity contribution is 6.12. The lowest BCUT2D eigenvalue weighted by molar-refractivity contribution is -0.138. The molecule has 2 aromatic heterocycles. The third-order valence-corrected chi connectivity index (χ3v) is 4.79. The Labute approximate surface area is 174 Å². The van der Waals surface area contributed by atoms with Crippen LogP contribution in [0.3, 0.4) is 0 Å². The lowest BCUT2D eigenvalue weighted by Gasteiger charge is -2.14. The first-order valence-electron chi connectivity index (χ1n) is 9.42. The van der Waals surface area contributed by atoms with Crippen LogP contribution in [0.25, 0.3) is 21.8 Å². The van der Waals surface area contributed by atoms with Crippen LogP contribution in [-0.2, 0) is 17.5 Å². The fourth-order valence-electron chi connectivity index (χ4n) is 3.53. The number of nitrogen functional groups attached to an aromatic ring is 1. The fourth-order valence-corrected chi connectivity index (χ4v) is 3.53. The molecule has 31 heavy (non-hydrogen) atoms. The van der Waals surface area contributed by atoms with Crippen molar-refractivity contribution in [3.8, 4) is 0 Å². The van der Waals surface area contributed by atoms with Crippen molar-refractivity contribution in [1.82, 2.24) is 14.5 Å². The minimum atomic E-state index is -4.45. The van der Waals surface area contributed by atoms with E-state index < -0.39 is 17.8 Å². The Hall–Kier alpha value is -3.82. The summed E-state index contributed by atoms with van der Waals surface area (Å²) in [6.07, 6.45) is -3.46. The Morgan fingerprint density at radius 3 is 2.68 bits per heavy atom. The van der Waals surface area contributed by atoms with Crippen LogP contribution < -0.4 is 11.1 Å². The molecule has 10 heteroatoms. The van der Waals surface area contributed by atoms with Gasteiger partial charge in [0.1, 0.15) is 5.82 Å². The van der Waals surface area contributed by atoms with Gasteiger partial charge in [0.2, 0.25) is 5.95 Å². The minimum Gasteiger partial charge on any atom is -0.450 e. The third kappa shape index (κ3) is 3.96. The van der Waals surface area contributed by atoms with Gasteiger partial charge < -0.3 is 15.0 Å². The summed E-state index contributed by atoms with van der Waals surface area (Å²) in [5.74, 6) is 0.136. The number of carbonyl (C=O) groups excluding carboxylic acids is 1. The van der Waals surface area contributed by atoms with Gasteiger partial charge in [0.15, 0.2) is 0 Å². The summed E-state index contributed by atoms with van der Waals surface area (Å²) >= 11 is 0. The number of alkyl halides is 3. The van der Waals surface area contributed by atoms with Gasteiger partial charge in [-0.25, -0.2) is 9.78 Å². The van der Waals surface area contributed by atoms with Gasteiger partial charge in [-0.05, 0) is 36.8 Å². The predicted molar refractivity (Wildman–Crippen MR) is 111 cm³/mol. The molecule has 1 amide bonds. The van der Waals surface area contributed by atoms with Gasteiger partial charge in [0.05, 0.1) is 23.1 Å². The first kappa shape index (κ1) is 20.5. The number of hydrogen-bond acceptors (Lipinski definition) is 5. The van der Waals surface area contributed by atoms with E-state index in [0.29, 0.717) is 21.8 Å². The molecule has 4 aromatic rings. The van der Waals surface area contributed by atoms with E-state index in [9.17, 15) is 18.0 Å². The molecule has 0 aliphatic carbocycles. The van der Waals surface area contributed by atoms with Gasteiger partial charge in [0, 0.05) is 23.6 Å². The van der Waals surface area contributed by atoms with Gasteiger partial charge in [-0.2, -0.15) is 18.2 Å².